The topological polar surface area (TPSA) is 78.9 Å². The quantitative estimate of drug-likeness (QED) is 0.0262. The smallest absolute Gasteiger partial charge is 0.306 e. The van der Waals surface area contributed by atoms with Crippen LogP contribution < -0.4 is 0 Å². The molecule has 1 atom stereocenters. The lowest BCUT2D eigenvalue weighted by molar-refractivity contribution is -0.167. The van der Waals surface area contributed by atoms with Crippen molar-refractivity contribution in [3.63, 3.8) is 0 Å². The van der Waals surface area contributed by atoms with Crippen LogP contribution in [0.2, 0.25) is 0 Å². The summed E-state index contributed by atoms with van der Waals surface area (Å²) in [6.07, 6.45) is 80.9. The van der Waals surface area contributed by atoms with Gasteiger partial charge in [0.2, 0.25) is 0 Å². The first kappa shape index (κ1) is 64.0. The number of unbranched alkanes of at least 4 members (excludes halogenated alkanes) is 9. The zero-order valence-electron chi connectivity index (χ0n) is 43.8. The van der Waals surface area contributed by atoms with E-state index < -0.39 is 12.1 Å². The van der Waals surface area contributed by atoms with Crippen LogP contribution in [-0.4, -0.2) is 37.2 Å². The third-order valence-electron chi connectivity index (χ3n) is 10.5. The third kappa shape index (κ3) is 53.8. The number of allylic oxidation sites excluding steroid dienone is 26. The molecule has 0 aliphatic heterocycles. The normalized spacial score (nSPS) is 13.4. The minimum Gasteiger partial charge on any atom is -0.462 e. The summed E-state index contributed by atoms with van der Waals surface area (Å²) in [7, 11) is 0. The Hall–Kier alpha value is -4.97. The minimum absolute atomic E-state index is 0.138. The maximum Gasteiger partial charge on any atom is 0.306 e. The van der Waals surface area contributed by atoms with Gasteiger partial charge in [-0.2, -0.15) is 0 Å². The number of rotatable bonds is 46. The lowest BCUT2D eigenvalue weighted by atomic mass is 10.1. The molecule has 0 heterocycles. The van der Waals surface area contributed by atoms with E-state index in [-0.39, 0.29) is 38.0 Å². The number of hydrogen-bond acceptors (Lipinski definition) is 6. The number of carbonyl (C=O) groups is 3. The van der Waals surface area contributed by atoms with E-state index >= 15 is 0 Å². The Morgan fingerprint density at radius 3 is 0.928 bits per heavy atom. The van der Waals surface area contributed by atoms with Crippen molar-refractivity contribution >= 4 is 17.9 Å². The van der Waals surface area contributed by atoms with Crippen LogP contribution in [0.5, 0.6) is 0 Å². The zero-order chi connectivity index (χ0) is 50.0. The van der Waals surface area contributed by atoms with Gasteiger partial charge in [0.1, 0.15) is 13.2 Å². The molecule has 0 aliphatic rings. The van der Waals surface area contributed by atoms with Gasteiger partial charge in [-0.05, 0) is 141 Å². The summed E-state index contributed by atoms with van der Waals surface area (Å²) >= 11 is 0. The monoisotopic (exact) mass is 949 g/mol. The molecule has 0 amide bonds. The number of hydrogen-bond donors (Lipinski definition) is 0. The Morgan fingerprint density at radius 1 is 0.304 bits per heavy atom. The highest BCUT2D eigenvalue weighted by atomic mass is 16.6. The standard InChI is InChI=1S/C63H96O6/c1-4-7-10-13-16-19-22-25-28-30-31-33-35-38-41-44-47-50-53-56-62(65)68-59-60(58-67-61(64)55-52-49-46-43-40-37-34-27-24-21-18-15-12-9-6-3)69-63(66)57-54-51-48-45-42-39-36-32-29-26-23-20-17-14-11-8-5-2/h7-8,10-11,16-21,25-29,31,33-34,36,38-41,43,45,48,60H,4-6,9,12-15,22-24,30,32,35,37,42,44,46-47,49-59H2,1-3H3/b10-7-,11-8-,19-16-,20-17-,21-18-,28-25-,29-26-,33-31-,34-27-,39-36-,41-38-,43-40-,48-45-/t60-/m0/s1. The van der Waals surface area contributed by atoms with E-state index in [0.717, 1.165) is 122 Å². The second-order valence-electron chi connectivity index (χ2n) is 17.0. The molecule has 0 fully saturated rings. The van der Waals surface area contributed by atoms with Crippen LogP contribution >= 0.6 is 0 Å². The van der Waals surface area contributed by atoms with E-state index in [9.17, 15) is 14.4 Å². The van der Waals surface area contributed by atoms with Crippen LogP contribution in [-0.2, 0) is 28.6 Å². The van der Waals surface area contributed by atoms with Crippen molar-refractivity contribution in [2.75, 3.05) is 13.2 Å². The molecule has 0 saturated heterocycles. The first-order chi connectivity index (χ1) is 34.0. The van der Waals surface area contributed by atoms with Gasteiger partial charge in [0.15, 0.2) is 6.10 Å². The van der Waals surface area contributed by atoms with Crippen LogP contribution in [0.15, 0.2) is 158 Å². The van der Waals surface area contributed by atoms with Crippen molar-refractivity contribution in [1.82, 2.24) is 0 Å². The van der Waals surface area contributed by atoms with E-state index in [1.165, 1.54) is 25.7 Å². The number of ether oxygens (including phenoxy) is 3. The van der Waals surface area contributed by atoms with E-state index in [0.29, 0.717) is 19.3 Å². The largest absolute Gasteiger partial charge is 0.462 e. The first-order valence-electron chi connectivity index (χ1n) is 27.0. The predicted molar refractivity (Wildman–Crippen MR) is 297 cm³/mol. The highest BCUT2D eigenvalue weighted by molar-refractivity contribution is 5.71. The van der Waals surface area contributed by atoms with E-state index in [2.05, 4.69) is 179 Å². The number of esters is 3. The second kappa shape index (κ2) is 55.6. The summed E-state index contributed by atoms with van der Waals surface area (Å²) in [6.45, 7) is 6.24. The fourth-order valence-corrected chi connectivity index (χ4v) is 6.51. The van der Waals surface area contributed by atoms with Crippen molar-refractivity contribution in [2.24, 2.45) is 0 Å². The van der Waals surface area contributed by atoms with E-state index in [1.807, 2.05) is 0 Å². The molecule has 0 unspecified atom stereocenters. The van der Waals surface area contributed by atoms with Gasteiger partial charge in [-0.1, -0.05) is 198 Å². The Kier molecular flexibility index (Phi) is 51.6. The maximum absolute atomic E-state index is 12.8. The molecule has 0 bridgehead atoms. The first-order valence-corrected chi connectivity index (χ1v) is 27.0. The fraction of sp³-hybridized carbons (Fsp3) is 0.540. The zero-order valence-corrected chi connectivity index (χ0v) is 43.8. The van der Waals surface area contributed by atoms with Gasteiger partial charge in [-0.25, -0.2) is 0 Å². The van der Waals surface area contributed by atoms with Crippen molar-refractivity contribution in [1.29, 1.82) is 0 Å². The molecular weight excluding hydrogens is 853 g/mol. The summed E-state index contributed by atoms with van der Waals surface area (Å²) < 4.78 is 16.7. The Balaban J connectivity index is 4.64. The molecule has 0 radical (unpaired) electrons. The highest BCUT2D eigenvalue weighted by Gasteiger charge is 2.19. The van der Waals surface area contributed by atoms with Crippen molar-refractivity contribution in [3.05, 3.63) is 158 Å². The van der Waals surface area contributed by atoms with Gasteiger partial charge in [0.05, 0.1) is 0 Å². The molecule has 0 aromatic rings. The maximum atomic E-state index is 12.8. The second-order valence-corrected chi connectivity index (χ2v) is 17.0. The van der Waals surface area contributed by atoms with E-state index in [1.54, 1.807) is 0 Å². The van der Waals surface area contributed by atoms with Crippen LogP contribution in [0.25, 0.3) is 0 Å². The van der Waals surface area contributed by atoms with Gasteiger partial charge >= 0.3 is 17.9 Å². The third-order valence-corrected chi connectivity index (χ3v) is 10.5. The van der Waals surface area contributed by atoms with Gasteiger partial charge in [-0.3, -0.25) is 14.4 Å². The summed E-state index contributed by atoms with van der Waals surface area (Å²) in [4.78, 5) is 38.1. The van der Waals surface area contributed by atoms with Crippen molar-refractivity contribution in [2.45, 2.75) is 207 Å². The molecule has 384 valence electrons. The molecule has 0 aliphatic carbocycles. The molecule has 6 nitrogen and oxygen atoms in total. The van der Waals surface area contributed by atoms with Gasteiger partial charge in [0.25, 0.3) is 0 Å². The Labute approximate surface area is 422 Å². The van der Waals surface area contributed by atoms with Crippen molar-refractivity contribution in [3.8, 4) is 0 Å². The molecular formula is C63H96O6. The molecule has 0 rings (SSSR count). The molecule has 69 heavy (non-hydrogen) atoms. The van der Waals surface area contributed by atoms with Gasteiger partial charge < -0.3 is 14.2 Å². The SMILES string of the molecule is CC/C=C\C/C=C\C/C=C\C/C=C\C/C=C\CCCCCC(=O)OC[C@H](COC(=O)CCCC/C=C\C/C=C\C/C=C\CCCCC)OC(=O)CCC/C=C\C/C=C\C/C=C\C/C=C\C/C=C\CC. The summed E-state index contributed by atoms with van der Waals surface area (Å²) in [5.41, 5.74) is 0. The molecule has 0 saturated carbocycles. The average Bonchev–Trinajstić information content (AvgIpc) is 3.35. The Bertz CT molecular complexity index is 1610. The van der Waals surface area contributed by atoms with Gasteiger partial charge in [0, 0.05) is 19.3 Å². The Morgan fingerprint density at radius 2 is 0.580 bits per heavy atom. The molecule has 0 spiro atoms. The predicted octanol–water partition coefficient (Wildman–Crippen LogP) is 18.2. The van der Waals surface area contributed by atoms with Crippen LogP contribution in [0.3, 0.4) is 0 Å². The summed E-state index contributed by atoms with van der Waals surface area (Å²) in [5, 5.41) is 0. The molecule has 6 heteroatoms. The summed E-state index contributed by atoms with van der Waals surface area (Å²) in [6, 6.07) is 0. The lowest BCUT2D eigenvalue weighted by Crippen LogP contribution is -2.30. The molecule has 0 N–H and O–H groups in total. The minimum atomic E-state index is -0.845. The molecule has 0 aromatic carbocycles. The van der Waals surface area contributed by atoms with Crippen LogP contribution in [0.4, 0.5) is 0 Å². The van der Waals surface area contributed by atoms with E-state index in [4.69, 9.17) is 14.2 Å². The average molecular weight is 949 g/mol. The van der Waals surface area contributed by atoms with Crippen LogP contribution in [0, 0.1) is 0 Å². The lowest BCUT2D eigenvalue weighted by Gasteiger charge is -2.18. The highest BCUT2D eigenvalue weighted by Crippen LogP contribution is 2.10. The van der Waals surface area contributed by atoms with Crippen molar-refractivity contribution < 1.29 is 28.6 Å². The van der Waals surface area contributed by atoms with Gasteiger partial charge in [-0.15, -0.1) is 0 Å². The van der Waals surface area contributed by atoms with Crippen LogP contribution in [0.1, 0.15) is 201 Å². The summed E-state index contributed by atoms with van der Waals surface area (Å²) in [5.74, 6) is -1.08. The molecule has 0 aromatic heterocycles. The number of carbonyl (C=O) groups excluding carboxylic acids is 3. The fourth-order valence-electron chi connectivity index (χ4n) is 6.51.